The maximum atomic E-state index is 5.12. The van der Waals surface area contributed by atoms with Gasteiger partial charge in [0.05, 0.1) is 0 Å². The van der Waals surface area contributed by atoms with E-state index in [2.05, 4.69) is 140 Å². The van der Waals surface area contributed by atoms with Crippen molar-refractivity contribution in [2.24, 2.45) is 0 Å². The smallest absolute Gasteiger partial charge is 0.164 e. The van der Waals surface area contributed by atoms with E-state index in [1.807, 2.05) is 11.3 Å². The van der Waals surface area contributed by atoms with Crippen LogP contribution in [0.15, 0.2) is 140 Å². The van der Waals surface area contributed by atoms with Crippen LogP contribution in [0.25, 0.3) is 86.7 Å². The topological polar surface area (TPSA) is 38.7 Å². The second-order valence-electron chi connectivity index (χ2n) is 10.9. The molecule has 0 atom stereocenters. The molecule has 0 fully saturated rings. The number of hydrogen-bond acceptors (Lipinski definition) is 4. The summed E-state index contributed by atoms with van der Waals surface area (Å²) in [5.41, 5.74) is 2.98. The van der Waals surface area contributed by atoms with Crippen LogP contribution in [0.4, 0.5) is 0 Å². The number of hydrogen-bond donors (Lipinski definition) is 0. The van der Waals surface area contributed by atoms with Crippen molar-refractivity contribution >= 4 is 63.8 Å². The minimum Gasteiger partial charge on any atom is -0.208 e. The molecule has 3 nitrogen and oxygen atoms in total. The molecule has 2 heterocycles. The van der Waals surface area contributed by atoms with Gasteiger partial charge in [0.15, 0.2) is 17.5 Å². The number of benzene rings is 7. The summed E-state index contributed by atoms with van der Waals surface area (Å²) in [5.74, 6) is 2.02. The minimum atomic E-state index is 0.672. The first-order valence-electron chi connectivity index (χ1n) is 14.4. The molecule has 0 amide bonds. The molecule has 9 rings (SSSR count). The predicted molar refractivity (Wildman–Crippen MR) is 182 cm³/mol. The highest BCUT2D eigenvalue weighted by atomic mass is 32.1. The van der Waals surface area contributed by atoms with Crippen LogP contribution in [0, 0.1) is 0 Å². The Hall–Kier alpha value is -5.45. The second kappa shape index (κ2) is 9.55. The molecule has 0 aliphatic carbocycles. The van der Waals surface area contributed by atoms with Crippen LogP contribution >= 0.6 is 11.3 Å². The molecule has 4 heteroatoms. The van der Waals surface area contributed by atoms with Crippen molar-refractivity contribution in [1.82, 2.24) is 15.0 Å². The molecule has 0 aliphatic rings. The number of aromatic nitrogens is 3. The molecule has 9 aromatic rings. The zero-order valence-corrected chi connectivity index (χ0v) is 23.8. The third kappa shape index (κ3) is 3.99. The highest BCUT2D eigenvalue weighted by Gasteiger charge is 2.17. The van der Waals surface area contributed by atoms with E-state index >= 15 is 0 Å². The van der Waals surface area contributed by atoms with E-state index in [0.717, 1.165) is 38.2 Å². The predicted octanol–water partition coefficient (Wildman–Crippen LogP) is 10.7. The van der Waals surface area contributed by atoms with Crippen molar-refractivity contribution in [2.45, 2.75) is 0 Å². The maximum absolute atomic E-state index is 5.12. The molecule has 200 valence electrons. The first-order valence-corrected chi connectivity index (χ1v) is 15.2. The third-order valence-electron chi connectivity index (χ3n) is 8.29. The van der Waals surface area contributed by atoms with Crippen molar-refractivity contribution in [1.29, 1.82) is 0 Å². The third-order valence-corrected chi connectivity index (χ3v) is 9.41. The van der Waals surface area contributed by atoms with Crippen molar-refractivity contribution in [3.63, 3.8) is 0 Å². The Labute approximate surface area is 251 Å². The SMILES string of the molecule is c1ccc2cc3c(cc2c1)sc1cc(-c2nc(-c4cccc5ccccc45)nc(-c4cccc5ccccc45)n2)ccc13. The summed E-state index contributed by atoms with van der Waals surface area (Å²) in [5, 5.41) is 9.63. The summed E-state index contributed by atoms with van der Waals surface area (Å²) in [6, 6.07) is 49.2. The minimum absolute atomic E-state index is 0.672. The van der Waals surface area contributed by atoms with Gasteiger partial charge >= 0.3 is 0 Å². The Morgan fingerprint density at radius 1 is 0.349 bits per heavy atom. The second-order valence-corrected chi connectivity index (χ2v) is 12.0. The van der Waals surface area contributed by atoms with E-state index in [9.17, 15) is 0 Å². The molecule has 43 heavy (non-hydrogen) atoms. The number of nitrogens with zero attached hydrogens (tertiary/aromatic N) is 3. The largest absolute Gasteiger partial charge is 0.208 e. The normalized spacial score (nSPS) is 11.7. The van der Waals surface area contributed by atoms with E-state index in [4.69, 9.17) is 15.0 Å². The highest BCUT2D eigenvalue weighted by Crippen LogP contribution is 2.39. The summed E-state index contributed by atoms with van der Waals surface area (Å²) < 4.78 is 2.51. The molecular weight excluding hydrogens is 543 g/mol. The average molecular weight is 566 g/mol. The van der Waals surface area contributed by atoms with Gasteiger partial charge in [0.1, 0.15) is 0 Å². The molecule has 7 aromatic carbocycles. The van der Waals surface area contributed by atoms with Crippen LogP contribution in [0.5, 0.6) is 0 Å². The molecule has 0 aliphatic heterocycles. The maximum Gasteiger partial charge on any atom is 0.164 e. The van der Waals surface area contributed by atoms with Crippen LogP contribution in [-0.2, 0) is 0 Å². The van der Waals surface area contributed by atoms with Gasteiger partial charge in [-0.1, -0.05) is 121 Å². The van der Waals surface area contributed by atoms with Gasteiger partial charge in [0.2, 0.25) is 0 Å². The van der Waals surface area contributed by atoms with E-state index in [1.54, 1.807) is 0 Å². The Balaban J connectivity index is 1.29. The van der Waals surface area contributed by atoms with Gasteiger partial charge in [0.25, 0.3) is 0 Å². The zero-order chi connectivity index (χ0) is 28.3. The number of thiophene rings is 1. The lowest BCUT2D eigenvalue weighted by atomic mass is 10.0. The van der Waals surface area contributed by atoms with Gasteiger partial charge in [-0.05, 0) is 50.5 Å². The van der Waals surface area contributed by atoms with Gasteiger partial charge in [-0.3, -0.25) is 0 Å². The number of rotatable bonds is 3. The van der Waals surface area contributed by atoms with Gasteiger partial charge in [-0.15, -0.1) is 11.3 Å². The summed E-state index contributed by atoms with van der Waals surface area (Å²) in [6.07, 6.45) is 0. The van der Waals surface area contributed by atoms with Crippen molar-refractivity contribution in [2.75, 3.05) is 0 Å². The molecule has 0 bridgehead atoms. The fourth-order valence-corrected chi connectivity index (χ4v) is 7.36. The van der Waals surface area contributed by atoms with Crippen molar-refractivity contribution in [3.05, 3.63) is 140 Å². The zero-order valence-electron chi connectivity index (χ0n) is 23.0. The van der Waals surface area contributed by atoms with Gasteiger partial charge in [-0.25, -0.2) is 15.0 Å². The highest BCUT2D eigenvalue weighted by molar-refractivity contribution is 7.25. The average Bonchev–Trinajstić information content (AvgIpc) is 3.43. The Bertz CT molecular complexity index is 2420. The summed E-state index contributed by atoms with van der Waals surface area (Å²) in [6.45, 7) is 0. The molecule has 0 saturated carbocycles. The molecule has 0 unspecified atom stereocenters. The standard InChI is InChI=1S/C39H23N3S/c1-2-12-27-22-36-34(21-26(27)11-1)31-20-19-28(23-35(31)43-36)37-40-38(32-17-7-13-24-9-3-5-15-29(24)32)42-39(41-37)33-18-8-14-25-10-4-6-16-30(25)33/h1-23H. The van der Waals surface area contributed by atoms with E-state index in [0.29, 0.717) is 17.5 Å². The van der Waals surface area contributed by atoms with E-state index in [1.165, 1.54) is 30.9 Å². The van der Waals surface area contributed by atoms with Gasteiger partial charge in [0, 0.05) is 36.9 Å². The monoisotopic (exact) mass is 565 g/mol. The molecular formula is C39H23N3S. The first kappa shape index (κ1) is 24.2. The lowest BCUT2D eigenvalue weighted by Crippen LogP contribution is -2.01. The quantitative estimate of drug-likeness (QED) is 0.214. The molecule has 0 saturated heterocycles. The molecule has 0 radical (unpaired) electrons. The summed E-state index contributed by atoms with van der Waals surface area (Å²) >= 11 is 1.82. The molecule has 2 aromatic heterocycles. The van der Waals surface area contributed by atoms with Crippen LogP contribution in [0.3, 0.4) is 0 Å². The fraction of sp³-hybridized carbons (Fsp3) is 0. The van der Waals surface area contributed by atoms with Crippen LogP contribution in [0.1, 0.15) is 0 Å². The fourth-order valence-electron chi connectivity index (χ4n) is 6.19. The van der Waals surface area contributed by atoms with Crippen LogP contribution in [-0.4, -0.2) is 15.0 Å². The van der Waals surface area contributed by atoms with E-state index < -0.39 is 0 Å². The van der Waals surface area contributed by atoms with Crippen LogP contribution < -0.4 is 0 Å². The van der Waals surface area contributed by atoms with Crippen molar-refractivity contribution < 1.29 is 0 Å². The Morgan fingerprint density at radius 2 is 0.860 bits per heavy atom. The molecule has 0 spiro atoms. The summed E-state index contributed by atoms with van der Waals surface area (Å²) in [7, 11) is 0. The Kier molecular flexibility index (Phi) is 5.37. The summed E-state index contributed by atoms with van der Waals surface area (Å²) in [4.78, 5) is 15.3. The van der Waals surface area contributed by atoms with Crippen molar-refractivity contribution in [3.8, 4) is 34.2 Å². The number of fused-ring (bicyclic) bond motifs is 6. The first-order chi connectivity index (χ1) is 21.3. The van der Waals surface area contributed by atoms with Gasteiger partial charge < -0.3 is 0 Å². The molecule has 0 N–H and O–H groups in total. The van der Waals surface area contributed by atoms with Gasteiger partial charge in [-0.2, -0.15) is 0 Å². The van der Waals surface area contributed by atoms with Crippen LogP contribution in [0.2, 0.25) is 0 Å². The lowest BCUT2D eigenvalue weighted by molar-refractivity contribution is 1.08. The lowest BCUT2D eigenvalue weighted by Gasteiger charge is -2.11. The Morgan fingerprint density at radius 3 is 1.51 bits per heavy atom. The van der Waals surface area contributed by atoms with E-state index in [-0.39, 0.29) is 0 Å².